The third kappa shape index (κ3) is 3.40. The molecule has 1 atom stereocenters. The van der Waals surface area contributed by atoms with E-state index in [1.165, 1.54) is 24.0 Å². The largest absolute Gasteiger partial charge is 0.396 e. The molecule has 0 saturated carbocycles. The Balaban J connectivity index is 2.04. The number of aliphatic hydroxyl groups is 1. The number of hydroxylamine groups is 1. The molecule has 2 aromatic rings. The number of hydrogen-bond donors (Lipinski definition) is 1. The molecule has 0 spiro atoms. The average molecular weight is 364 g/mol. The number of nitrogens with zero attached hydrogens (tertiary/aromatic N) is 2. The van der Waals surface area contributed by atoms with Crippen molar-refractivity contribution in [3.63, 3.8) is 0 Å². The van der Waals surface area contributed by atoms with Gasteiger partial charge in [-0.3, -0.25) is 4.84 Å². The van der Waals surface area contributed by atoms with Crippen LogP contribution in [-0.4, -0.2) is 29.0 Å². The van der Waals surface area contributed by atoms with Crippen LogP contribution in [0.15, 0.2) is 53.6 Å². The molecule has 1 aliphatic heterocycles. The summed E-state index contributed by atoms with van der Waals surface area (Å²) >= 11 is 1.29. The molecule has 25 heavy (non-hydrogen) atoms. The van der Waals surface area contributed by atoms with Crippen LogP contribution in [0.5, 0.6) is 0 Å². The molecule has 3 rings (SSSR count). The molecule has 0 amide bonds. The molecular weight excluding hydrogens is 346 g/mol. The van der Waals surface area contributed by atoms with Crippen LogP contribution in [0.4, 0.5) is 8.78 Å². The molecule has 0 aromatic heterocycles. The first-order valence-electron chi connectivity index (χ1n) is 7.84. The predicted molar refractivity (Wildman–Crippen MR) is 93.8 cm³/mol. The Morgan fingerprint density at radius 2 is 1.96 bits per heavy atom. The van der Waals surface area contributed by atoms with Gasteiger partial charge in [-0.25, -0.2) is 8.78 Å². The zero-order chi connectivity index (χ0) is 17.9. The van der Waals surface area contributed by atoms with E-state index in [4.69, 9.17) is 4.84 Å². The van der Waals surface area contributed by atoms with E-state index in [1.807, 2.05) is 30.3 Å². The number of hydrazone groups is 1. The Kier molecular flexibility index (Phi) is 5.36. The molecule has 2 aromatic carbocycles. The lowest BCUT2D eigenvalue weighted by Crippen LogP contribution is -2.37. The van der Waals surface area contributed by atoms with Gasteiger partial charge in [0.25, 0.3) is 0 Å². The summed E-state index contributed by atoms with van der Waals surface area (Å²) in [5.74, 6) is -1.08. The molecule has 1 aliphatic rings. The van der Waals surface area contributed by atoms with Gasteiger partial charge in [0.05, 0.1) is 7.11 Å². The third-order valence-electron chi connectivity index (χ3n) is 3.99. The van der Waals surface area contributed by atoms with Gasteiger partial charge in [-0.1, -0.05) is 42.1 Å². The van der Waals surface area contributed by atoms with Crippen LogP contribution in [0.1, 0.15) is 24.0 Å². The number of aliphatic hydroxyl groups excluding tert-OH is 1. The topological polar surface area (TPSA) is 45.1 Å². The van der Waals surface area contributed by atoms with Gasteiger partial charge >= 0.3 is 0 Å². The lowest BCUT2D eigenvalue weighted by molar-refractivity contribution is -0.175. The van der Waals surface area contributed by atoms with E-state index >= 15 is 0 Å². The van der Waals surface area contributed by atoms with Crippen LogP contribution >= 0.6 is 11.8 Å². The zero-order valence-corrected chi connectivity index (χ0v) is 14.5. The molecule has 0 radical (unpaired) electrons. The summed E-state index contributed by atoms with van der Waals surface area (Å²) in [4.78, 5) is 4.67. The van der Waals surface area contributed by atoms with Crippen molar-refractivity contribution in [1.29, 1.82) is 0 Å². The maximum Gasteiger partial charge on any atom is 0.162 e. The Morgan fingerprint density at radius 1 is 1.20 bits per heavy atom. The van der Waals surface area contributed by atoms with Crippen LogP contribution in [-0.2, 0) is 9.71 Å². The summed E-state index contributed by atoms with van der Waals surface area (Å²) in [6.07, 6.45) is 1.03. The number of benzene rings is 2. The Bertz CT molecular complexity index is 773. The zero-order valence-electron chi connectivity index (χ0n) is 13.7. The maximum absolute atomic E-state index is 14.2. The van der Waals surface area contributed by atoms with Gasteiger partial charge in [0.15, 0.2) is 4.87 Å². The monoisotopic (exact) mass is 364 g/mol. The van der Waals surface area contributed by atoms with Gasteiger partial charge in [0, 0.05) is 12.2 Å². The highest BCUT2D eigenvalue weighted by Gasteiger charge is 2.46. The van der Waals surface area contributed by atoms with Gasteiger partial charge in [-0.15, -0.1) is 5.10 Å². The SMILES string of the molecule is CON1N=C(c2cc(F)ccc2F)SC1(CCCO)c1ccccc1. The first-order valence-corrected chi connectivity index (χ1v) is 8.66. The standard InChI is InChI=1S/C18H18F2N2O2S/c1-24-22-18(10-5-11-23,13-6-3-2-4-7-13)25-17(21-22)15-12-14(19)8-9-16(15)20/h2-4,6-9,12,23H,5,10-11H2,1H3. The van der Waals surface area contributed by atoms with Crippen molar-refractivity contribution in [3.8, 4) is 0 Å². The molecule has 0 saturated heterocycles. The van der Waals surface area contributed by atoms with Crippen LogP contribution in [0, 0.1) is 11.6 Å². The highest BCUT2D eigenvalue weighted by molar-refractivity contribution is 8.15. The lowest BCUT2D eigenvalue weighted by Gasteiger charge is -2.34. The molecule has 1 unspecified atom stereocenters. The molecule has 4 nitrogen and oxygen atoms in total. The first-order chi connectivity index (χ1) is 12.1. The summed E-state index contributed by atoms with van der Waals surface area (Å²) < 4.78 is 27.8. The molecule has 0 aliphatic carbocycles. The predicted octanol–water partition coefficient (Wildman–Crippen LogP) is 3.86. The molecule has 7 heteroatoms. The van der Waals surface area contributed by atoms with E-state index in [0.717, 1.165) is 23.8 Å². The van der Waals surface area contributed by atoms with Crippen molar-refractivity contribution in [2.75, 3.05) is 13.7 Å². The van der Waals surface area contributed by atoms with Crippen LogP contribution in [0.3, 0.4) is 0 Å². The number of rotatable bonds is 6. The van der Waals surface area contributed by atoms with Crippen molar-refractivity contribution < 1.29 is 18.7 Å². The van der Waals surface area contributed by atoms with Gasteiger partial charge in [-0.05, 0) is 36.6 Å². The second kappa shape index (κ2) is 7.51. The third-order valence-corrected chi connectivity index (χ3v) is 5.42. The quantitative estimate of drug-likeness (QED) is 0.845. The van der Waals surface area contributed by atoms with Crippen LogP contribution in [0.2, 0.25) is 0 Å². The Labute approximate surface area is 149 Å². The fourth-order valence-corrected chi connectivity index (χ4v) is 4.21. The number of hydrogen-bond acceptors (Lipinski definition) is 5. The summed E-state index contributed by atoms with van der Waals surface area (Å²) in [5, 5.41) is 15.4. The summed E-state index contributed by atoms with van der Waals surface area (Å²) in [5.41, 5.74) is 1.000. The van der Waals surface area contributed by atoms with Crippen molar-refractivity contribution in [1.82, 2.24) is 5.17 Å². The summed E-state index contributed by atoms with van der Waals surface area (Å²) in [6.45, 7) is 0.0103. The molecule has 1 N–H and O–H groups in total. The molecular formula is C18H18F2N2O2S. The van der Waals surface area contributed by atoms with Crippen LogP contribution < -0.4 is 0 Å². The minimum atomic E-state index is -0.757. The normalized spacial score (nSPS) is 20.0. The summed E-state index contributed by atoms with van der Waals surface area (Å²) in [6, 6.07) is 12.8. The molecule has 1 heterocycles. The molecule has 0 fully saturated rings. The molecule has 132 valence electrons. The van der Waals surface area contributed by atoms with E-state index in [0.29, 0.717) is 17.9 Å². The fraction of sp³-hybridized carbons (Fsp3) is 0.278. The smallest absolute Gasteiger partial charge is 0.162 e. The maximum atomic E-state index is 14.2. The van der Waals surface area contributed by atoms with E-state index in [-0.39, 0.29) is 12.2 Å². The van der Waals surface area contributed by atoms with Crippen molar-refractivity contribution in [2.45, 2.75) is 17.7 Å². The van der Waals surface area contributed by atoms with Gasteiger partial charge in [0.2, 0.25) is 0 Å². The van der Waals surface area contributed by atoms with Crippen molar-refractivity contribution in [2.24, 2.45) is 5.10 Å². The fourth-order valence-electron chi connectivity index (χ4n) is 2.82. The van der Waals surface area contributed by atoms with Crippen molar-refractivity contribution in [3.05, 3.63) is 71.3 Å². The first kappa shape index (κ1) is 17.8. The van der Waals surface area contributed by atoms with Gasteiger partial charge in [0.1, 0.15) is 16.7 Å². The Morgan fingerprint density at radius 3 is 2.64 bits per heavy atom. The highest BCUT2D eigenvalue weighted by atomic mass is 32.2. The lowest BCUT2D eigenvalue weighted by atomic mass is 10.0. The average Bonchev–Trinajstić information content (AvgIpc) is 3.02. The highest BCUT2D eigenvalue weighted by Crippen LogP contribution is 2.50. The van der Waals surface area contributed by atoms with Gasteiger partial charge in [-0.2, -0.15) is 5.17 Å². The van der Waals surface area contributed by atoms with E-state index < -0.39 is 16.5 Å². The van der Waals surface area contributed by atoms with Crippen molar-refractivity contribution >= 4 is 16.8 Å². The van der Waals surface area contributed by atoms with E-state index in [2.05, 4.69) is 5.10 Å². The summed E-state index contributed by atoms with van der Waals surface area (Å²) in [7, 11) is 1.48. The second-order valence-corrected chi connectivity index (χ2v) is 6.83. The number of halogens is 2. The van der Waals surface area contributed by atoms with Gasteiger partial charge < -0.3 is 5.11 Å². The second-order valence-electron chi connectivity index (χ2n) is 5.56. The van der Waals surface area contributed by atoms with Crippen LogP contribution in [0.25, 0.3) is 0 Å². The molecule has 0 bridgehead atoms. The minimum Gasteiger partial charge on any atom is -0.396 e. The van der Waals surface area contributed by atoms with E-state index in [9.17, 15) is 13.9 Å². The minimum absolute atomic E-state index is 0.0103. The number of thioether (sulfide) groups is 1. The Hall–Kier alpha value is -1.96. The van der Waals surface area contributed by atoms with E-state index in [1.54, 1.807) is 0 Å².